The predicted octanol–water partition coefficient (Wildman–Crippen LogP) is 0.993. The number of nitrogens with two attached hydrogens (primary N) is 1. The second kappa shape index (κ2) is 3.40. The van der Waals surface area contributed by atoms with Gasteiger partial charge >= 0.3 is 0 Å². The quantitative estimate of drug-likeness (QED) is 0.509. The number of methoxy groups -OCH3 is 1. The third kappa shape index (κ3) is 1.33. The minimum atomic E-state index is 0.650. The number of aromatic nitrogens is 1. The Balaban J connectivity index is 3.24. The zero-order valence-electron chi connectivity index (χ0n) is 7.51. The van der Waals surface area contributed by atoms with Crippen molar-refractivity contribution in [3.63, 3.8) is 0 Å². The van der Waals surface area contributed by atoms with Crippen LogP contribution in [0.25, 0.3) is 0 Å². The monoisotopic (exact) mass is 167 g/mol. The first-order chi connectivity index (χ1) is 5.70. The zero-order valence-corrected chi connectivity index (χ0v) is 7.51. The van der Waals surface area contributed by atoms with Crippen LogP contribution in [-0.4, -0.2) is 12.1 Å². The van der Waals surface area contributed by atoms with Crippen LogP contribution in [-0.2, 0) is 0 Å². The number of nitrogens with zero attached hydrogens (tertiary/aromatic N) is 1. The van der Waals surface area contributed by atoms with E-state index in [1.165, 1.54) is 0 Å². The molecule has 0 fully saturated rings. The van der Waals surface area contributed by atoms with E-state index in [4.69, 9.17) is 10.6 Å². The molecule has 1 aromatic rings. The molecule has 12 heavy (non-hydrogen) atoms. The number of hydrogen-bond acceptors (Lipinski definition) is 4. The van der Waals surface area contributed by atoms with Gasteiger partial charge in [0.15, 0.2) is 0 Å². The van der Waals surface area contributed by atoms with Gasteiger partial charge in [-0.3, -0.25) is 0 Å². The lowest BCUT2D eigenvalue weighted by atomic mass is 10.2. The van der Waals surface area contributed by atoms with Crippen molar-refractivity contribution in [1.82, 2.24) is 4.98 Å². The van der Waals surface area contributed by atoms with Crippen molar-refractivity contribution >= 4 is 5.82 Å². The molecule has 0 atom stereocenters. The topological polar surface area (TPSA) is 60.2 Å². The molecule has 0 aromatic carbocycles. The van der Waals surface area contributed by atoms with Crippen LogP contribution in [0.15, 0.2) is 6.20 Å². The number of rotatable bonds is 2. The number of ether oxygens (including phenoxy) is 1. The molecular weight excluding hydrogens is 154 g/mol. The number of pyridine rings is 1. The van der Waals surface area contributed by atoms with Crippen LogP contribution < -0.4 is 16.0 Å². The molecule has 4 heteroatoms. The lowest BCUT2D eigenvalue weighted by molar-refractivity contribution is 0.408. The second-order valence-electron chi connectivity index (χ2n) is 2.59. The normalized spacial score (nSPS) is 9.67. The molecule has 0 saturated carbocycles. The van der Waals surface area contributed by atoms with Crippen molar-refractivity contribution in [3.05, 3.63) is 17.3 Å². The molecule has 1 aromatic heterocycles. The van der Waals surface area contributed by atoms with Crippen molar-refractivity contribution < 1.29 is 4.74 Å². The summed E-state index contributed by atoms with van der Waals surface area (Å²) in [6.07, 6.45) is 1.72. The third-order valence-corrected chi connectivity index (χ3v) is 1.78. The number of hydrazine groups is 1. The number of nitrogen functional groups attached to an aromatic ring is 1. The SMILES string of the molecule is COc1c(C)cnc(NN)c1C. The lowest BCUT2D eigenvalue weighted by Gasteiger charge is -2.10. The van der Waals surface area contributed by atoms with E-state index < -0.39 is 0 Å². The molecule has 1 heterocycles. The van der Waals surface area contributed by atoms with Gasteiger partial charge in [-0.1, -0.05) is 0 Å². The number of anilines is 1. The van der Waals surface area contributed by atoms with Crippen molar-refractivity contribution in [3.8, 4) is 5.75 Å². The van der Waals surface area contributed by atoms with Gasteiger partial charge in [-0.05, 0) is 13.8 Å². The maximum atomic E-state index is 5.26. The highest BCUT2D eigenvalue weighted by molar-refractivity contribution is 5.53. The Hall–Kier alpha value is -1.29. The molecule has 0 aliphatic heterocycles. The first-order valence-electron chi connectivity index (χ1n) is 3.67. The Morgan fingerprint density at radius 3 is 2.67 bits per heavy atom. The summed E-state index contributed by atoms with van der Waals surface area (Å²) >= 11 is 0. The first kappa shape index (κ1) is 8.80. The average molecular weight is 167 g/mol. The fourth-order valence-corrected chi connectivity index (χ4v) is 1.18. The van der Waals surface area contributed by atoms with Gasteiger partial charge in [-0.15, -0.1) is 0 Å². The van der Waals surface area contributed by atoms with Gasteiger partial charge in [-0.25, -0.2) is 10.8 Å². The second-order valence-corrected chi connectivity index (χ2v) is 2.59. The van der Waals surface area contributed by atoms with Gasteiger partial charge in [0.2, 0.25) is 0 Å². The van der Waals surface area contributed by atoms with Gasteiger partial charge in [0.05, 0.1) is 7.11 Å². The fraction of sp³-hybridized carbons (Fsp3) is 0.375. The van der Waals surface area contributed by atoms with Gasteiger partial charge in [0, 0.05) is 17.3 Å². The molecule has 0 aliphatic rings. The Morgan fingerprint density at radius 2 is 2.17 bits per heavy atom. The molecule has 66 valence electrons. The molecule has 0 saturated heterocycles. The predicted molar refractivity (Wildman–Crippen MR) is 48.1 cm³/mol. The van der Waals surface area contributed by atoms with Crippen LogP contribution in [0, 0.1) is 13.8 Å². The van der Waals surface area contributed by atoms with Crippen molar-refractivity contribution in [1.29, 1.82) is 0 Å². The first-order valence-corrected chi connectivity index (χ1v) is 3.67. The molecule has 0 bridgehead atoms. The van der Waals surface area contributed by atoms with E-state index in [-0.39, 0.29) is 0 Å². The van der Waals surface area contributed by atoms with Crippen LogP contribution in [0.3, 0.4) is 0 Å². The highest BCUT2D eigenvalue weighted by Crippen LogP contribution is 2.25. The Kier molecular flexibility index (Phi) is 2.50. The molecule has 4 nitrogen and oxygen atoms in total. The third-order valence-electron chi connectivity index (χ3n) is 1.78. The number of nitrogens with one attached hydrogen (secondary N) is 1. The van der Waals surface area contributed by atoms with Crippen molar-refractivity contribution in [2.24, 2.45) is 5.84 Å². The van der Waals surface area contributed by atoms with E-state index >= 15 is 0 Å². The summed E-state index contributed by atoms with van der Waals surface area (Å²) in [5.74, 6) is 6.74. The molecular formula is C8H13N3O. The van der Waals surface area contributed by atoms with Crippen molar-refractivity contribution in [2.75, 3.05) is 12.5 Å². The maximum absolute atomic E-state index is 5.26. The standard InChI is InChI=1S/C8H13N3O/c1-5-4-10-8(11-9)6(2)7(5)12-3/h4H,9H2,1-3H3,(H,10,11). The van der Waals surface area contributed by atoms with E-state index in [1.807, 2.05) is 13.8 Å². The molecule has 0 radical (unpaired) electrons. The summed E-state index contributed by atoms with van der Waals surface area (Å²) in [7, 11) is 1.63. The Morgan fingerprint density at radius 1 is 1.50 bits per heavy atom. The van der Waals surface area contributed by atoms with Gasteiger partial charge in [0.1, 0.15) is 11.6 Å². The molecule has 0 unspecified atom stereocenters. The van der Waals surface area contributed by atoms with Gasteiger partial charge in [0.25, 0.3) is 0 Å². The summed E-state index contributed by atoms with van der Waals surface area (Å²) in [4.78, 5) is 4.09. The maximum Gasteiger partial charge on any atom is 0.146 e. The molecule has 0 amide bonds. The van der Waals surface area contributed by atoms with Crippen LogP contribution in [0.1, 0.15) is 11.1 Å². The minimum Gasteiger partial charge on any atom is -0.496 e. The van der Waals surface area contributed by atoms with E-state index in [1.54, 1.807) is 13.3 Å². The number of hydrogen-bond donors (Lipinski definition) is 2. The van der Waals surface area contributed by atoms with Gasteiger partial charge in [-0.2, -0.15) is 0 Å². The van der Waals surface area contributed by atoms with E-state index in [9.17, 15) is 0 Å². The molecule has 3 N–H and O–H groups in total. The highest BCUT2D eigenvalue weighted by atomic mass is 16.5. The van der Waals surface area contributed by atoms with Crippen LogP contribution in [0.4, 0.5) is 5.82 Å². The van der Waals surface area contributed by atoms with E-state index in [0.717, 1.165) is 16.9 Å². The number of aryl methyl sites for hydroxylation is 1. The lowest BCUT2D eigenvalue weighted by Crippen LogP contribution is -2.10. The fourth-order valence-electron chi connectivity index (χ4n) is 1.18. The highest BCUT2D eigenvalue weighted by Gasteiger charge is 2.07. The Bertz CT molecular complexity index is 286. The molecule has 1 rings (SSSR count). The van der Waals surface area contributed by atoms with Gasteiger partial charge < -0.3 is 10.2 Å². The average Bonchev–Trinajstić information content (AvgIpc) is 2.06. The zero-order chi connectivity index (χ0) is 9.14. The summed E-state index contributed by atoms with van der Waals surface area (Å²) in [5, 5.41) is 0. The summed E-state index contributed by atoms with van der Waals surface area (Å²) in [5.41, 5.74) is 4.44. The van der Waals surface area contributed by atoms with E-state index in [2.05, 4.69) is 10.4 Å². The minimum absolute atomic E-state index is 0.650. The molecule has 0 spiro atoms. The van der Waals surface area contributed by atoms with E-state index in [0.29, 0.717) is 5.82 Å². The Labute approximate surface area is 71.7 Å². The largest absolute Gasteiger partial charge is 0.496 e. The van der Waals surface area contributed by atoms with Crippen molar-refractivity contribution in [2.45, 2.75) is 13.8 Å². The summed E-state index contributed by atoms with van der Waals surface area (Å²) < 4.78 is 5.18. The summed E-state index contributed by atoms with van der Waals surface area (Å²) in [6.45, 7) is 3.85. The van der Waals surface area contributed by atoms with Crippen LogP contribution >= 0.6 is 0 Å². The summed E-state index contributed by atoms with van der Waals surface area (Å²) in [6, 6.07) is 0. The van der Waals surface area contributed by atoms with Crippen LogP contribution in [0.5, 0.6) is 5.75 Å². The molecule has 0 aliphatic carbocycles. The van der Waals surface area contributed by atoms with Crippen LogP contribution in [0.2, 0.25) is 0 Å². The smallest absolute Gasteiger partial charge is 0.146 e.